The Kier molecular flexibility index (Phi) is 13.4. The first-order valence-electron chi connectivity index (χ1n) is 21.2. The van der Waals surface area contributed by atoms with Gasteiger partial charge in [0.2, 0.25) is 11.8 Å². The number of esters is 3. The van der Waals surface area contributed by atoms with Gasteiger partial charge in [0.05, 0.1) is 6.54 Å². The number of fused-ring (bicyclic) bond motifs is 5. The second kappa shape index (κ2) is 17.7. The molecule has 1 saturated heterocycles. The molecule has 1 aromatic rings. The van der Waals surface area contributed by atoms with E-state index < -0.39 is 59.9 Å². The summed E-state index contributed by atoms with van der Waals surface area (Å²) in [5, 5.41) is 5.27. The summed E-state index contributed by atoms with van der Waals surface area (Å²) in [4.78, 5) is 61.2. The maximum atomic E-state index is 15.3. The minimum atomic E-state index is -1.37. The number of amides is 2. The summed E-state index contributed by atoms with van der Waals surface area (Å²) < 4.78 is 52.0. The molecule has 1 aliphatic heterocycles. The second-order valence-electron chi connectivity index (χ2n) is 18.2. The van der Waals surface area contributed by atoms with Crippen LogP contribution in [-0.4, -0.2) is 61.2 Å². The molecule has 3 unspecified atom stereocenters. The molecule has 5 fully saturated rings. The zero-order chi connectivity index (χ0) is 41.2. The minimum Gasteiger partial charge on any atom is -0.463 e. The van der Waals surface area contributed by atoms with Crippen molar-refractivity contribution in [1.29, 1.82) is 0 Å². The van der Waals surface area contributed by atoms with Gasteiger partial charge in [0, 0.05) is 50.9 Å². The molecule has 6 rings (SSSR count). The summed E-state index contributed by atoms with van der Waals surface area (Å²) in [5.74, 6) is -0.599. The van der Waals surface area contributed by atoms with E-state index in [0.29, 0.717) is 35.2 Å². The molecule has 11 nitrogen and oxygen atoms in total. The van der Waals surface area contributed by atoms with E-state index in [4.69, 9.17) is 18.9 Å². The molecule has 1 aromatic carbocycles. The van der Waals surface area contributed by atoms with Gasteiger partial charge in [-0.3, -0.25) is 24.0 Å². The predicted octanol–water partition coefficient (Wildman–Crippen LogP) is 7.03. The van der Waals surface area contributed by atoms with Crippen molar-refractivity contribution >= 4 is 29.7 Å². The third-order valence-corrected chi connectivity index (χ3v) is 14.9. The number of nitrogens with one attached hydrogen (secondary N) is 2. The SMILES string of the molecule is CC(=O)OC[C@H]1O[C@@H](c2cc(CNC(=O)CNC(=O)CC[C@@H](C)C3CC[C@@H]4C5CC[C@H]6CCCC[C@@]6(C)[C@@H]5CC[C@@]34C)c(F)cc2F)[C@H](OC(C)=O)C1OC(C)=O. The van der Waals surface area contributed by atoms with Crippen LogP contribution in [0.25, 0.3) is 0 Å². The number of hydrogen-bond donors (Lipinski definition) is 2. The zero-order valence-electron chi connectivity index (χ0n) is 34.5. The van der Waals surface area contributed by atoms with Gasteiger partial charge < -0.3 is 29.6 Å². The molecule has 0 bridgehead atoms. The Morgan fingerprint density at radius 1 is 0.807 bits per heavy atom. The van der Waals surface area contributed by atoms with Crippen LogP contribution in [0.4, 0.5) is 8.78 Å². The van der Waals surface area contributed by atoms with Gasteiger partial charge in [-0.1, -0.05) is 33.6 Å². The van der Waals surface area contributed by atoms with E-state index in [1.807, 2.05) is 0 Å². The Morgan fingerprint density at radius 2 is 1.53 bits per heavy atom. The maximum Gasteiger partial charge on any atom is 0.303 e. The van der Waals surface area contributed by atoms with E-state index in [0.717, 1.165) is 56.9 Å². The molecule has 4 saturated carbocycles. The molecule has 0 aromatic heterocycles. The molecule has 13 heteroatoms. The number of hydrogen-bond acceptors (Lipinski definition) is 9. The molecule has 12 atom stereocenters. The highest BCUT2D eigenvalue weighted by molar-refractivity contribution is 5.84. The molecule has 0 radical (unpaired) electrons. The minimum absolute atomic E-state index is 0.101. The van der Waals surface area contributed by atoms with Crippen LogP contribution in [0.5, 0.6) is 0 Å². The Labute approximate surface area is 335 Å². The molecule has 1 heterocycles. The molecule has 316 valence electrons. The summed E-state index contributed by atoms with van der Waals surface area (Å²) in [7, 11) is 0. The molecular weight excluding hydrogens is 738 g/mol. The van der Waals surface area contributed by atoms with Gasteiger partial charge in [-0.15, -0.1) is 0 Å². The van der Waals surface area contributed by atoms with E-state index in [-0.39, 0.29) is 36.7 Å². The van der Waals surface area contributed by atoms with Crippen LogP contribution in [0.2, 0.25) is 0 Å². The van der Waals surface area contributed by atoms with Crippen LogP contribution in [-0.2, 0) is 49.5 Å². The highest BCUT2D eigenvalue weighted by Gasteiger charge is 2.60. The van der Waals surface area contributed by atoms with Crippen molar-refractivity contribution in [3.63, 3.8) is 0 Å². The third-order valence-electron chi connectivity index (χ3n) is 14.9. The van der Waals surface area contributed by atoms with Gasteiger partial charge in [0.15, 0.2) is 12.2 Å². The lowest BCUT2D eigenvalue weighted by Crippen LogP contribution is -2.53. The predicted molar refractivity (Wildman–Crippen MR) is 205 cm³/mol. The van der Waals surface area contributed by atoms with Crippen molar-refractivity contribution in [2.45, 2.75) is 150 Å². The number of benzene rings is 1. The number of halogens is 2. The fraction of sp³-hybridized carbons (Fsp3) is 0.750. The van der Waals surface area contributed by atoms with Crippen molar-refractivity contribution in [2.24, 2.45) is 46.3 Å². The Balaban J connectivity index is 1.00. The van der Waals surface area contributed by atoms with Crippen molar-refractivity contribution in [2.75, 3.05) is 13.2 Å². The summed E-state index contributed by atoms with van der Waals surface area (Å²) in [5.41, 5.74) is 0.503. The van der Waals surface area contributed by atoms with Gasteiger partial charge in [-0.2, -0.15) is 0 Å². The smallest absolute Gasteiger partial charge is 0.303 e. The van der Waals surface area contributed by atoms with Crippen LogP contribution in [0, 0.1) is 58.0 Å². The lowest BCUT2D eigenvalue weighted by atomic mass is 9.44. The highest BCUT2D eigenvalue weighted by atomic mass is 19.1. The van der Waals surface area contributed by atoms with E-state index in [2.05, 4.69) is 31.4 Å². The van der Waals surface area contributed by atoms with Gasteiger partial charge in [0.1, 0.15) is 30.4 Å². The first-order valence-corrected chi connectivity index (χ1v) is 21.2. The molecule has 2 N–H and O–H groups in total. The average molecular weight is 801 g/mol. The van der Waals surface area contributed by atoms with Crippen LogP contribution < -0.4 is 10.6 Å². The van der Waals surface area contributed by atoms with Gasteiger partial charge in [-0.05, 0) is 110 Å². The fourth-order valence-electron chi connectivity index (χ4n) is 12.3. The number of carbonyl (C=O) groups excluding carboxylic acids is 5. The quantitative estimate of drug-likeness (QED) is 0.159. The Hall–Kier alpha value is -3.61. The van der Waals surface area contributed by atoms with Gasteiger partial charge in [-0.25, -0.2) is 8.78 Å². The maximum absolute atomic E-state index is 15.3. The largest absolute Gasteiger partial charge is 0.463 e. The molecule has 2 amide bonds. The van der Waals surface area contributed by atoms with Crippen molar-refractivity contribution < 1.29 is 51.7 Å². The van der Waals surface area contributed by atoms with E-state index >= 15 is 8.78 Å². The molecule has 57 heavy (non-hydrogen) atoms. The average Bonchev–Trinajstić information content (AvgIpc) is 3.67. The topological polar surface area (TPSA) is 146 Å². The fourth-order valence-corrected chi connectivity index (χ4v) is 12.3. The zero-order valence-corrected chi connectivity index (χ0v) is 34.5. The molecule has 4 aliphatic carbocycles. The first kappa shape index (κ1) is 43.0. The summed E-state index contributed by atoms with van der Waals surface area (Å²) in [6, 6.07) is 1.75. The lowest BCUT2D eigenvalue weighted by molar-refractivity contribution is -0.165. The van der Waals surface area contributed by atoms with Gasteiger partial charge in [0.25, 0.3) is 0 Å². The van der Waals surface area contributed by atoms with Crippen LogP contribution in [0.15, 0.2) is 12.1 Å². The molecular formula is C44H62F2N2O9. The standard InChI is InChI=1S/C44H62F2N2O9/c1-24(32-13-14-33-30-12-11-29-9-7-8-17-43(29,5)34(30)16-18-44(32,33)6)10-15-38(52)48-22-39(53)47-21-28-19-31(36(46)20-35(28)45)40-42(56-27(4)51)41(55-26(3)50)37(57-40)23-54-25(2)49/h19-20,24,29-30,32-34,37,40-42H,7-18,21-23H2,1-6H3,(H,47,53)(H,48,52)/t24-,29-,30?,32?,33-,34-,37-,40+,41?,42+,43-,44+/m1/s1. The summed E-state index contributed by atoms with van der Waals surface area (Å²) >= 11 is 0. The Bertz CT molecular complexity index is 1690. The van der Waals surface area contributed by atoms with Crippen LogP contribution in [0.1, 0.15) is 136 Å². The number of ether oxygens (including phenoxy) is 4. The van der Waals surface area contributed by atoms with E-state index in [1.165, 1.54) is 64.2 Å². The van der Waals surface area contributed by atoms with Crippen LogP contribution in [0.3, 0.4) is 0 Å². The number of rotatable bonds is 13. The highest BCUT2D eigenvalue weighted by Crippen LogP contribution is 2.68. The summed E-state index contributed by atoms with van der Waals surface area (Å²) in [6.07, 6.45) is 9.44. The van der Waals surface area contributed by atoms with Crippen molar-refractivity contribution in [1.82, 2.24) is 10.6 Å². The van der Waals surface area contributed by atoms with Crippen molar-refractivity contribution in [3.05, 3.63) is 34.9 Å². The molecule has 5 aliphatic rings. The van der Waals surface area contributed by atoms with Crippen LogP contribution >= 0.6 is 0 Å². The van der Waals surface area contributed by atoms with Crippen molar-refractivity contribution in [3.8, 4) is 0 Å². The number of carbonyl (C=O) groups is 5. The monoisotopic (exact) mass is 800 g/mol. The van der Waals surface area contributed by atoms with Gasteiger partial charge >= 0.3 is 17.9 Å². The second-order valence-corrected chi connectivity index (χ2v) is 18.2. The summed E-state index contributed by atoms with van der Waals surface area (Å²) in [6.45, 7) is 9.80. The van der Waals surface area contributed by atoms with E-state index in [1.54, 1.807) is 0 Å². The molecule has 0 spiro atoms. The normalized spacial score (nSPS) is 34.8. The Morgan fingerprint density at radius 3 is 2.25 bits per heavy atom. The van der Waals surface area contributed by atoms with E-state index in [9.17, 15) is 24.0 Å². The lowest BCUT2D eigenvalue weighted by Gasteiger charge is -2.61. The first-order chi connectivity index (χ1) is 27.0. The third kappa shape index (κ3) is 9.18.